The van der Waals surface area contributed by atoms with E-state index in [-0.39, 0.29) is 37.5 Å². The average Bonchev–Trinajstić information content (AvgIpc) is 3.53. The topological polar surface area (TPSA) is 122 Å². The van der Waals surface area contributed by atoms with Crippen LogP contribution >= 0.6 is 0 Å². The molecule has 0 spiro atoms. The molecule has 0 radical (unpaired) electrons. The van der Waals surface area contributed by atoms with Crippen molar-refractivity contribution in [3.8, 4) is 11.1 Å². The van der Waals surface area contributed by atoms with Crippen LogP contribution < -0.4 is 5.32 Å². The average molecular weight is 633 g/mol. The number of amides is 3. The Morgan fingerprint density at radius 1 is 0.565 bits per heavy atom. The zero-order valence-electron chi connectivity index (χ0n) is 25.8. The summed E-state index contributed by atoms with van der Waals surface area (Å²) in [6.07, 6.45) is -0.463. The van der Waals surface area contributed by atoms with Gasteiger partial charge < -0.3 is 33.7 Å². The van der Waals surface area contributed by atoms with Crippen molar-refractivity contribution in [3.05, 3.63) is 95.1 Å². The molecule has 2 aliphatic rings. The number of nitrogens with one attached hydrogen (secondary N) is 1. The highest BCUT2D eigenvalue weighted by molar-refractivity contribution is 6.21. The molecule has 0 bridgehead atoms. The number of rotatable bonds is 20. The number of imide groups is 1. The third-order valence-corrected chi connectivity index (χ3v) is 7.68. The van der Waals surface area contributed by atoms with Crippen molar-refractivity contribution in [2.24, 2.45) is 0 Å². The molecular formula is C35H40N2O9. The maximum absolute atomic E-state index is 12.3. The van der Waals surface area contributed by atoms with Crippen molar-refractivity contribution < 1.29 is 42.8 Å². The van der Waals surface area contributed by atoms with Gasteiger partial charge in [0.25, 0.3) is 11.8 Å². The van der Waals surface area contributed by atoms with Crippen molar-refractivity contribution in [2.45, 2.75) is 5.92 Å². The number of hydrogen-bond acceptors (Lipinski definition) is 9. The Hall–Kier alpha value is -4.13. The van der Waals surface area contributed by atoms with Crippen LogP contribution in [0.4, 0.5) is 4.79 Å². The van der Waals surface area contributed by atoms with Crippen LogP contribution in [0.1, 0.15) is 37.8 Å². The van der Waals surface area contributed by atoms with Crippen LogP contribution in [0.2, 0.25) is 0 Å². The monoisotopic (exact) mass is 632 g/mol. The summed E-state index contributed by atoms with van der Waals surface area (Å²) in [5, 5.41) is 2.73. The Kier molecular flexibility index (Phi) is 12.7. The molecule has 3 aromatic carbocycles. The van der Waals surface area contributed by atoms with Gasteiger partial charge in [0, 0.05) is 12.5 Å². The van der Waals surface area contributed by atoms with Gasteiger partial charge in [-0.3, -0.25) is 14.5 Å². The number of ether oxygens (including phenoxy) is 6. The van der Waals surface area contributed by atoms with Gasteiger partial charge in [0.05, 0.1) is 83.7 Å². The van der Waals surface area contributed by atoms with E-state index in [1.165, 1.54) is 27.2 Å². The fraction of sp³-hybridized carbons (Fsp3) is 0.400. The van der Waals surface area contributed by atoms with Gasteiger partial charge in [0.2, 0.25) is 0 Å². The van der Waals surface area contributed by atoms with Crippen LogP contribution in [0, 0.1) is 0 Å². The van der Waals surface area contributed by atoms with Gasteiger partial charge in [0.15, 0.2) is 0 Å². The Bertz CT molecular complexity index is 1380. The van der Waals surface area contributed by atoms with Crippen molar-refractivity contribution in [1.29, 1.82) is 0 Å². The van der Waals surface area contributed by atoms with Crippen LogP contribution in [0.3, 0.4) is 0 Å². The number of benzene rings is 3. The highest BCUT2D eigenvalue weighted by Gasteiger charge is 2.34. The number of nitrogens with zero attached hydrogens (tertiary/aromatic N) is 1. The first-order valence-electron chi connectivity index (χ1n) is 15.6. The molecule has 1 heterocycles. The van der Waals surface area contributed by atoms with Gasteiger partial charge in [-0.05, 0) is 34.4 Å². The minimum Gasteiger partial charge on any atom is -0.449 e. The maximum atomic E-state index is 12.3. The lowest BCUT2D eigenvalue weighted by Crippen LogP contribution is -2.33. The number of alkyl carbamates (subject to hydrolysis) is 1. The van der Waals surface area contributed by atoms with E-state index < -0.39 is 6.09 Å². The first-order valence-corrected chi connectivity index (χ1v) is 15.6. The molecule has 244 valence electrons. The summed E-state index contributed by atoms with van der Waals surface area (Å²) in [5.74, 6) is -0.536. The quantitative estimate of drug-likeness (QED) is 0.146. The van der Waals surface area contributed by atoms with Gasteiger partial charge in [-0.15, -0.1) is 0 Å². The van der Waals surface area contributed by atoms with Gasteiger partial charge in [-0.25, -0.2) is 4.79 Å². The lowest BCUT2D eigenvalue weighted by atomic mass is 9.98. The molecule has 1 aliphatic heterocycles. The molecule has 1 aliphatic carbocycles. The molecule has 3 amide bonds. The molecule has 0 aromatic heterocycles. The summed E-state index contributed by atoms with van der Waals surface area (Å²) in [6, 6.07) is 23.3. The predicted molar refractivity (Wildman–Crippen MR) is 169 cm³/mol. The first-order chi connectivity index (χ1) is 22.6. The number of fused-ring (bicyclic) bond motifs is 4. The molecule has 0 fully saturated rings. The number of carbonyl (C=O) groups is 3. The summed E-state index contributed by atoms with van der Waals surface area (Å²) < 4.78 is 33.0. The van der Waals surface area contributed by atoms with Crippen molar-refractivity contribution in [2.75, 3.05) is 85.8 Å². The highest BCUT2D eigenvalue weighted by atomic mass is 16.6. The second kappa shape index (κ2) is 17.5. The summed E-state index contributed by atoms with van der Waals surface area (Å²) in [7, 11) is 0. The molecule has 3 aromatic rings. The molecule has 46 heavy (non-hydrogen) atoms. The summed E-state index contributed by atoms with van der Waals surface area (Å²) in [4.78, 5) is 38.0. The second-order valence-electron chi connectivity index (χ2n) is 10.6. The molecule has 0 saturated heterocycles. The second-order valence-corrected chi connectivity index (χ2v) is 10.6. The number of carbonyl (C=O) groups excluding carboxylic acids is 3. The molecule has 0 saturated carbocycles. The molecular weight excluding hydrogens is 592 g/mol. The smallest absolute Gasteiger partial charge is 0.407 e. The van der Waals surface area contributed by atoms with Crippen LogP contribution in [-0.2, 0) is 28.4 Å². The standard InChI is InChI=1S/C35H40N2O9/c38-33-30-11-5-6-12-31(30)34(39)37(33)14-16-42-18-20-44-22-24-45-23-21-43-19-17-41-15-13-36-35(40)46-25-32-28-9-3-1-7-26(28)27-8-2-4-10-29(27)32/h1-12,32H,13-25H2,(H,36,40). The molecule has 11 heteroatoms. The van der Waals surface area contributed by atoms with E-state index in [4.69, 9.17) is 28.4 Å². The molecule has 5 rings (SSSR count). The van der Waals surface area contributed by atoms with E-state index in [0.717, 1.165) is 0 Å². The van der Waals surface area contributed by atoms with Crippen LogP contribution in [0.25, 0.3) is 11.1 Å². The summed E-state index contributed by atoms with van der Waals surface area (Å²) in [6.45, 7) is 4.71. The Morgan fingerprint density at radius 2 is 0.978 bits per heavy atom. The van der Waals surface area contributed by atoms with Crippen molar-refractivity contribution in [3.63, 3.8) is 0 Å². The summed E-state index contributed by atoms with van der Waals surface area (Å²) >= 11 is 0. The lowest BCUT2D eigenvalue weighted by Gasteiger charge is -2.14. The predicted octanol–water partition coefficient (Wildman–Crippen LogP) is 3.90. The largest absolute Gasteiger partial charge is 0.449 e. The minimum atomic E-state index is -0.463. The third-order valence-electron chi connectivity index (χ3n) is 7.68. The van der Waals surface area contributed by atoms with Crippen LogP contribution in [-0.4, -0.2) is 109 Å². The zero-order chi connectivity index (χ0) is 32.0. The van der Waals surface area contributed by atoms with Crippen LogP contribution in [0.15, 0.2) is 72.8 Å². The van der Waals surface area contributed by atoms with Crippen molar-refractivity contribution in [1.82, 2.24) is 10.2 Å². The molecule has 1 N–H and O–H groups in total. The molecule has 0 unspecified atom stereocenters. The van der Waals surface area contributed by atoms with E-state index in [0.29, 0.717) is 77.1 Å². The van der Waals surface area contributed by atoms with E-state index in [1.54, 1.807) is 24.3 Å². The fourth-order valence-electron chi connectivity index (χ4n) is 5.45. The van der Waals surface area contributed by atoms with E-state index in [9.17, 15) is 14.4 Å². The number of hydrogen-bond donors (Lipinski definition) is 1. The fourth-order valence-corrected chi connectivity index (χ4v) is 5.45. The Labute approximate surface area is 268 Å². The third kappa shape index (κ3) is 8.77. The minimum absolute atomic E-state index is 0.0297. The Balaban J connectivity index is 0.783. The summed E-state index contributed by atoms with van der Waals surface area (Å²) in [5.41, 5.74) is 5.62. The Morgan fingerprint density at radius 3 is 1.48 bits per heavy atom. The highest BCUT2D eigenvalue weighted by Crippen LogP contribution is 2.44. The van der Waals surface area contributed by atoms with Gasteiger partial charge >= 0.3 is 6.09 Å². The van der Waals surface area contributed by atoms with Gasteiger partial charge in [-0.1, -0.05) is 60.7 Å². The van der Waals surface area contributed by atoms with Crippen LogP contribution in [0.5, 0.6) is 0 Å². The maximum Gasteiger partial charge on any atom is 0.407 e. The SMILES string of the molecule is O=C(NCCOCCOCCOCCOCCOCCN1C(=O)c2ccccc2C1=O)OCC1c2ccccc2-c2ccccc21. The molecule has 0 atom stereocenters. The van der Waals surface area contributed by atoms with Gasteiger partial charge in [-0.2, -0.15) is 0 Å². The normalized spacial score (nSPS) is 13.5. The van der Waals surface area contributed by atoms with Gasteiger partial charge in [0.1, 0.15) is 6.61 Å². The van der Waals surface area contributed by atoms with E-state index in [1.807, 2.05) is 24.3 Å². The van der Waals surface area contributed by atoms with E-state index >= 15 is 0 Å². The van der Waals surface area contributed by atoms with Crippen molar-refractivity contribution >= 4 is 17.9 Å². The molecule has 11 nitrogen and oxygen atoms in total. The lowest BCUT2D eigenvalue weighted by molar-refractivity contribution is -0.0115. The zero-order valence-corrected chi connectivity index (χ0v) is 25.8. The first kappa shape index (κ1) is 33.2. The van der Waals surface area contributed by atoms with E-state index in [2.05, 4.69) is 29.6 Å².